The maximum Gasteiger partial charge on any atom is 0.289 e. The van der Waals surface area contributed by atoms with Gasteiger partial charge in [0.2, 0.25) is 0 Å². The summed E-state index contributed by atoms with van der Waals surface area (Å²) < 4.78 is 7.12. The van der Waals surface area contributed by atoms with Crippen LogP contribution in [0.2, 0.25) is 0 Å². The van der Waals surface area contributed by atoms with Crippen LogP contribution in [0.15, 0.2) is 53.1 Å². The molecule has 0 spiro atoms. The highest BCUT2D eigenvalue weighted by atomic mass is 16.3. The Balaban J connectivity index is 1.43. The van der Waals surface area contributed by atoms with E-state index in [4.69, 9.17) is 4.42 Å². The van der Waals surface area contributed by atoms with Gasteiger partial charge in [-0.2, -0.15) is 0 Å². The van der Waals surface area contributed by atoms with Gasteiger partial charge in [-0.05, 0) is 34.5 Å². The number of aromatic nitrogens is 4. The molecule has 4 rings (SSSR count). The average molecular weight is 380 g/mol. The molecule has 1 atom stereocenters. The third-order valence-electron chi connectivity index (χ3n) is 5.19. The Kier molecular flexibility index (Phi) is 5.48. The van der Waals surface area contributed by atoms with E-state index in [1.807, 2.05) is 27.8 Å². The average Bonchev–Trinajstić information content (AvgIpc) is 3.42. The number of benzene rings is 1. The number of hydrogen-bond acceptors (Lipinski definition) is 6. The molecule has 3 heterocycles. The number of hydrogen-bond donors (Lipinski definition) is 0. The van der Waals surface area contributed by atoms with Crippen molar-refractivity contribution in [3.05, 3.63) is 65.9 Å². The zero-order valence-corrected chi connectivity index (χ0v) is 15.9. The SMILES string of the molecule is CC[C@H](c1nnnn1Cc1ccccc1)N1CCN(C(=O)c2ccco2)CC1. The quantitative estimate of drug-likeness (QED) is 0.652. The van der Waals surface area contributed by atoms with Crippen LogP contribution in [0.3, 0.4) is 0 Å². The minimum Gasteiger partial charge on any atom is -0.459 e. The van der Waals surface area contributed by atoms with Gasteiger partial charge < -0.3 is 9.32 Å². The van der Waals surface area contributed by atoms with Gasteiger partial charge in [0.05, 0.1) is 18.8 Å². The molecule has 2 aromatic heterocycles. The lowest BCUT2D eigenvalue weighted by Crippen LogP contribution is -2.50. The first-order chi connectivity index (χ1) is 13.8. The summed E-state index contributed by atoms with van der Waals surface area (Å²) in [6.45, 7) is 5.68. The van der Waals surface area contributed by atoms with Gasteiger partial charge in [-0.25, -0.2) is 4.68 Å². The van der Waals surface area contributed by atoms with Gasteiger partial charge in [-0.15, -0.1) is 5.10 Å². The zero-order valence-electron chi connectivity index (χ0n) is 15.9. The molecule has 1 fully saturated rings. The molecule has 1 amide bonds. The Morgan fingerprint density at radius 1 is 1.11 bits per heavy atom. The fourth-order valence-corrected chi connectivity index (χ4v) is 3.72. The lowest BCUT2D eigenvalue weighted by molar-refractivity contribution is 0.0521. The van der Waals surface area contributed by atoms with E-state index in [1.54, 1.807) is 12.1 Å². The molecule has 0 saturated carbocycles. The molecule has 8 nitrogen and oxygen atoms in total. The molecule has 0 N–H and O–H groups in total. The maximum atomic E-state index is 12.5. The van der Waals surface area contributed by atoms with Gasteiger partial charge in [0.15, 0.2) is 11.6 Å². The molecular formula is C20H24N6O2. The number of carbonyl (C=O) groups is 1. The topological polar surface area (TPSA) is 80.3 Å². The van der Waals surface area contributed by atoms with Crippen LogP contribution in [0.5, 0.6) is 0 Å². The van der Waals surface area contributed by atoms with Crippen molar-refractivity contribution in [1.82, 2.24) is 30.0 Å². The van der Waals surface area contributed by atoms with Crippen LogP contribution in [0.25, 0.3) is 0 Å². The highest BCUT2D eigenvalue weighted by molar-refractivity contribution is 5.91. The highest BCUT2D eigenvalue weighted by Crippen LogP contribution is 2.24. The van der Waals surface area contributed by atoms with Crippen LogP contribution in [0.1, 0.15) is 41.3 Å². The molecule has 1 saturated heterocycles. The van der Waals surface area contributed by atoms with Crippen molar-refractivity contribution in [3.63, 3.8) is 0 Å². The molecule has 3 aromatic rings. The van der Waals surface area contributed by atoms with E-state index in [0.717, 1.165) is 25.3 Å². The third-order valence-corrected chi connectivity index (χ3v) is 5.19. The van der Waals surface area contributed by atoms with Crippen LogP contribution in [0, 0.1) is 0 Å². The molecule has 0 aliphatic carbocycles. The van der Waals surface area contributed by atoms with Crippen LogP contribution in [0.4, 0.5) is 0 Å². The van der Waals surface area contributed by atoms with Crippen LogP contribution in [-0.4, -0.2) is 62.1 Å². The Labute approximate surface area is 163 Å². The van der Waals surface area contributed by atoms with Gasteiger partial charge in [0, 0.05) is 26.2 Å². The van der Waals surface area contributed by atoms with Crippen LogP contribution in [-0.2, 0) is 6.54 Å². The van der Waals surface area contributed by atoms with Crippen molar-refractivity contribution in [2.45, 2.75) is 25.9 Å². The molecule has 0 bridgehead atoms. The van der Waals surface area contributed by atoms with Crippen molar-refractivity contribution in [2.75, 3.05) is 26.2 Å². The number of amides is 1. The number of piperazine rings is 1. The van der Waals surface area contributed by atoms with Gasteiger partial charge in [0.1, 0.15) is 0 Å². The molecular weight excluding hydrogens is 356 g/mol. The fourth-order valence-electron chi connectivity index (χ4n) is 3.72. The van der Waals surface area contributed by atoms with Crippen molar-refractivity contribution < 1.29 is 9.21 Å². The third kappa shape index (κ3) is 3.82. The summed E-state index contributed by atoms with van der Waals surface area (Å²) in [6.07, 6.45) is 2.43. The van der Waals surface area contributed by atoms with Gasteiger partial charge in [-0.3, -0.25) is 9.69 Å². The standard InChI is InChI=1S/C20H24N6O2/c1-2-17(19-21-22-23-26(19)15-16-7-4-3-5-8-16)24-10-12-25(13-11-24)20(27)18-9-6-14-28-18/h3-9,14,17H,2,10-13,15H2,1H3/t17-/m1/s1. The van der Waals surface area contributed by atoms with Gasteiger partial charge >= 0.3 is 0 Å². The van der Waals surface area contributed by atoms with Crippen molar-refractivity contribution in [3.8, 4) is 0 Å². The summed E-state index contributed by atoms with van der Waals surface area (Å²) in [7, 11) is 0. The molecule has 1 aliphatic rings. The van der Waals surface area contributed by atoms with Crippen molar-refractivity contribution in [2.24, 2.45) is 0 Å². The monoisotopic (exact) mass is 380 g/mol. The second-order valence-corrected chi connectivity index (χ2v) is 6.91. The van der Waals surface area contributed by atoms with E-state index < -0.39 is 0 Å². The minimum absolute atomic E-state index is 0.0494. The van der Waals surface area contributed by atoms with Gasteiger partial charge in [0.25, 0.3) is 5.91 Å². The lowest BCUT2D eigenvalue weighted by atomic mass is 10.1. The number of carbonyl (C=O) groups excluding carboxylic acids is 1. The Morgan fingerprint density at radius 3 is 2.57 bits per heavy atom. The summed E-state index contributed by atoms with van der Waals surface area (Å²) >= 11 is 0. The normalized spacial score (nSPS) is 16.2. The van der Waals surface area contributed by atoms with E-state index in [9.17, 15) is 4.79 Å². The molecule has 8 heteroatoms. The predicted octanol–water partition coefficient (Wildman–Crippen LogP) is 2.22. The van der Waals surface area contributed by atoms with Crippen LogP contribution >= 0.6 is 0 Å². The summed E-state index contributed by atoms with van der Waals surface area (Å²) in [5.41, 5.74) is 1.17. The largest absolute Gasteiger partial charge is 0.459 e. The van der Waals surface area contributed by atoms with E-state index in [1.165, 1.54) is 11.8 Å². The van der Waals surface area contributed by atoms with E-state index in [-0.39, 0.29) is 11.9 Å². The highest BCUT2D eigenvalue weighted by Gasteiger charge is 2.30. The number of furan rings is 1. The first kappa shape index (κ1) is 18.4. The number of tetrazole rings is 1. The van der Waals surface area contributed by atoms with E-state index >= 15 is 0 Å². The second kappa shape index (κ2) is 8.35. The predicted molar refractivity (Wildman–Crippen MR) is 103 cm³/mol. The first-order valence-corrected chi connectivity index (χ1v) is 9.63. The summed E-state index contributed by atoms with van der Waals surface area (Å²) in [4.78, 5) is 16.7. The zero-order chi connectivity index (χ0) is 19.3. The van der Waals surface area contributed by atoms with E-state index in [0.29, 0.717) is 25.4 Å². The molecule has 1 aliphatic heterocycles. The summed E-state index contributed by atoms with van der Waals surface area (Å²) in [6, 6.07) is 13.8. The molecule has 28 heavy (non-hydrogen) atoms. The fraction of sp³-hybridized carbons (Fsp3) is 0.400. The number of rotatable bonds is 6. The Hall–Kier alpha value is -3.00. The summed E-state index contributed by atoms with van der Waals surface area (Å²) in [5.74, 6) is 1.22. The molecule has 1 aromatic carbocycles. The lowest BCUT2D eigenvalue weighted by Gasteiger charge is -2.38. The second-order valence-electron chi connectivity index (χ2n) is 6.91. The smallest absolute Gasteiger partial charge is 0.289 e. The van der Waals surface area contributed by atoms with Crippen molar-refractivity contribution in [1.29, 1.82) is 0 Å². The Morgan fingerprint density at radius 2 is 1.89 bits per heavy atom. The van der Waals surface area contributed by atoms with E-state index in [2.05, 4.69) is 39.5 Å². The molecule has 0 radical (unpaired) electrons. The maximum absolute atomic E-state index is 12.5. The van der Waals surface area contributed by atoms with Crippen LogP contribution < -0.4 is 0 Å². The molecule has 146 valence electrons. The molecule has 0 unspecified atom stereocenters. The minimum atomic E-state index is -0.0494. The van der Waals surface area contributed by atoms with Gasteiger partial charge in [-0.1, -0.05) is 37.3 Å². The van der Waals surface area contributed by atoms with Crippen molar-refractivity contribution >= 4 is 5.91 Å². The Bertz CT molecular complexity index is 885. The first-order valence-electron chi connectivity index (χ1n) is 9.63. The number of nitrogens with zero attached hydrogens (tertiary/aromatic N) is 6. The summed E-state index contributed by atoms with van der Waals surface area (Å²) in [5, 5.41) is 12.4.